The van der Waals surface area contributed by atoms with E-state index in [1.807, 2.05) is 19.1 Å². The van der Waals surface area contributed by atoms with E-state index >= 15 is 0 Å². The van der Waals surface area contributed by atoms with Crippen LogP contribution in [-0.2, 0) is 0 Å². The fraction of sp³-hybridized carbons (Fsp3) is 0.333. The molecular formula is C12H14ClN3OS2. The zero-order valence-electron chi connectivity index (χ0n) is 10.3. The van der Waals surface area contributed by atoms with Crippen molar-refractivity contribution >= 4 is 39.8 Å². The van der Waals surface area contributed by atoms with Gasteiger partial charge in [-0.25, -0.2) is 0 Å². The molecule has 4 nitrogen and oxygen atoms in total. The maximum atomic E-state index is 10.1. The van der Waals surface area contributed by atoms with Crippen molar-refractivity contribution in [2.45, 2.75) is 17.4 Å². The Kier molecular flexibility index (Phi) is 5.45. The normalized spacial score (nSPS) is 12.4. The predicted molar refractivity (Wildman–Crippen MR) is 81.2 cm³/mol. The molecule has 0 amide bonds. The highest BCUT2D eigenvalue weighted by Crippen LogP contribution is 2.29. The molecule has 0 fully saturated rings. The first kappa shape index (κ1) is 14.6. The molecule has 0 bridgehead atoms. The number of aliphatic hydroxyl groups is 1. The Labute approximate surface area is 125 Å². The molecule has 0 unspecified atom stereocenters. The Morgan fingerprint density at radius 1 is 1.37 bits per heavy atom. The van der Waals surface area contributed by atoms with Crippen LogP contribution >= 0.6 is 34.7 Å². The summed E-state index contributed by atoms with van der Waals surface area (Å²) in [5.41, 5.74) is 0.855. The Morgan fingerprint density at radius 2 is 2.11 bits per heavy atom. The maximum absolute atomic E-state index is 10.1. The van der Waals surface area contributed by atoms with Crippen molar-refractivity contribution in [3.05, 3.63) is 34.9 Å². The van der Waals surface area contributed by atoms with Gasteiger partial charge in [0.2, 0.25) is 5.13 Å². The van der Waals surface area contributed by atoms with Gasteiger partial charge in [-0.05, 0) is 24.6 Å². The van der Waals surface area contributed by atoms with Crippen molar-refractivity contribution in [2.75, 3.05) is 17.6 Å². The lowest BCUT2D eigenvalue weighted by molar-refractivity contribution is 0.204. The molecule has 2 rings (SSSR count). The number of hydrogen-bond acceptors (Lipinski definition) is 6. The summed E-state index contributed by atoms with van der Waals surface area (Å²) in [5, 5.41) is 22.7. The van der Waals surface area contributed by atoms with Gasteiger partial charge >= 0.3 is 0 Å². The molecule has 1 atom stereocenters. The summed E-state index contributed by atoms with van der Waals surface area (Å²) in [5.74, 6) is 0.544. The Hall–Kier alpha value is -0.820. The van der Waals surface area contributed by atoms with Crippen molar-refractivity contribution in [1.29, 1.82) is 0 Å². The standard InChI is InChI=1S/C12H14ClN3OS2/c1-2-14-11-15-16-12(19-11)18-7-10(17)8-3-5-9(13)6-4-8/h3-6,10,17H,2,7H2,1H3,(H,14,15)/t10-/m1/s1. The van der Waals surface area contributed by atoms with E-state index in [1.165, 1.54) is 23.1 Å². The molecule has 0 spiro atoms. The third-order valence-electron chi connectivity index (χ3n) is 2.35. The van der Waals surface area contributed by atoms with Crippen LogP contribution in [0.5, 0.6) is 0 Å². The average Bonchev–Trinajstić information content (AvgIpc) is 2.85. The number of aliphatic hydroxyl groups excluding tert-OH is 1. The van der Waals surface area contributed by atoms with Crippen LogP contribution in [0, 0.1) is 0 Å². The molecule has 7 heteroatoms. The van der Waals surface area contributed by atoms with Crippen molar-refractivity contribution in [3.63, 3.8) is 0 Å². The minimum absolute atomic E-state index is 0.534. The third kappa shape index (κ3) is 4.35. The van der Waals surface area contributed by atoms with Crippen molar-refractivity contribution in [2.24, 2.45) is 0 Å². The summed E-state index contributed by atoms with van der Waals surface area (Å²) in [6.07, 6.45) is -0.534. The lowest BCUT2D eigenvalue weighted by Crippen LogP contribution is -1.99. The number of anilines is 1. The van der Waals surface area contributed by atoms with Gasteiger partial charge in [0.15, 0.2) is 4.34 Å². The van der Waals surface area contributed by atoms with Gasteiger partial charge < -0.3 is 10.4 Å². The van der Waals surface area contributed by atoms with Gasteiger partial charge in [0.1, 0.15) is 0 Å². The van der Waals surface area contributed by atoms with Gasteiger partial charge in [-0.15, -0.1) is 10.2 Å². The molecule has 0 saturated carbocycles. The number of rotatable bonds is 6. The molecule has 102 valence electrons. The first-order chi connectivity index (χ1) is 9.19. The SMILES string of the molecule is CCNc1nnc(SC[C@@H](O)c2ccc(Cl)cc2)s1. The second-order valence-electron chi connectivity index (χ2n) is 3.78. The topological polar surface area (TPSA) is 58.0 Å². The molecule has 0 aliphatic carbocycles. The van der Waals surface area contributed by atoms with Crippen LogP contribution in [0.25, 0.3) is 0 Å². The number of halogens is 1. The monoisotopic (exact) mass is 315 g/mol. The zero-order valence-corrected chi connectivity index (χ0v) is 12.7. The molecule has 1 aromatic carbocycles. The first-order valence-electron chi connectivity index (χ1n) is 5.82. The number of aromatic nitrogens is 2. The highest BCUT2D eigenvalue weighted by atomic mass is 35.5. The molecule has 0 radical (unpaired) electrons. The van der Waals surface area contributed by atoms with Crippen LogP contribution in [0.2, 0.25) is 5.02 Å². The summed E-state index contributed by atoms with van der Waals surface area (Å²) in [4.78, 5) is 0. The van der Waals surface area contributed by atoms with Crippen molar-refractivity contribution in [3.8, 4) is 0 Å². The number of nitrogens with one attached hydrogen (secondary N) is 1. The molecule has 0 saturated heterocycles. The fourth-order valence-corrected chi connectivity index (χ4v) is 3.36. The second kappa shape index (κ2) is 7.09. The van der Waals surface area contributed by atoms with Crippen molar-refractivity contribution in [1.82, 2.24) is 10.2 Å². The Morgan fingerprint density at radius 3 is 2.79 bits per heavy atom. The quantitative estimate of drug-likeness (QED) is 0.800. The van der Waals surface area contributed by atoms with E-state index in [4.69, 9.17) is 11.6 Å². The summed E-state index contributed by atoms with van der Waals surface area (Å²) in [7, 11) is 0. The van der Waals surface area contributed by atoms with E-state index in [1.54, 1.807) is 12.1 Å². The fourth-order valence-electron chi connectivity index (χ4n) is 1.42. The first-order valence-corrected chi connectivity index (χ1v) is 8.00. The zero-order chi connectivity index (χ0) is 13.7. The van der Waals surface area contributed by atoms with Crippen molar-refractivity contribution < 1.29 is 5.11 Å². The minimum Gasteiger partial charge on any atom is -0.388 e. The lowest BCUT2D eigenvalue weighted by Gasteiger charge is -2.09. The third-order valence-corrected chi connectivity index (χ3v) is 4.70. The number of benzene rings is 1. The number of thioether (sulfide) groups is 1. The average molecular weight is 316 g/mol. The number of nitrogens with zero attached hydrogens (tertiary/aromatic N) is 2. The molecule has 19 heavy (non-hydrogen) atoms. The molecular weight excluding hydrogens is 302 g/mol. The van der Waals surface area contributed by atoms with Gasteiger partial charge in [0, 0.05) is 17.3 Å². The minimum atomic E-state index is -0.534. The summed E-state index contributed by atoms with van der Waals surface area (Å²) in [6, 6.07) is 7.22. The Bertz CT molecular complexity index is 518. The van der Waals surface area contributed by atoms with Gasteiger partial charge in [-0.2, -0.15) is 0 Å². The largest absolute Gasteiger partial charge is 0.388 e. The van der Waals surface area contributed by atoms with E-state index in [0.717, 1.165) is 21.6 Å². The van der Waals surface area contributed by atoms with E-state index < -0.39 is 6.10 Å². The van der Waals surface area contributed by atoms with Crippen LogP contribution in [0.4, 0.5) is 5.13 Å². The summed E-state index contributed by atoms with van der Waals surface area (Å²) >= 11 is 8.80. The number of hydrogen-bond donors (Lipinski definition) is 2. The predicted octanol–water partition coefficient (Wildman–Crippen LogP) is 3.45. The molecule has 1 aromatic heterocycles. The van der Waals surface area contributed by atoms with Crippen LogP contribution in [0.15, 0.2) is 28.6 Å². The molecule has 2 N–H and O–H groups in total. The van der Waals surface area contributed by atoms with Gasteiger partial charge in [-0.3, -0.25) is 0 Å². The van der Waals surface area contributed by atoms with E-state index in [0.29, 0.717) is 10.8 Å². The van der Waals surface area contributed by atoms with Crippen LogP contribution in [0.1, 0.15) is 18.6 Å². The molecule has 0 aliphatic heterocycles. The van der Waals surface area contributed by atoms with E-state index in [-0.39, 0.29) is 0 Å². The second-order valence-corrected chi connectivity index (χ2v) is 6.46. The lowest BCUT2D eigenvalue weighted by atomic mass is 10.1. The summed E-state index contributed by atoms with van der Waals surface area (Å²) in [6.45, 7) is 2.84. The van der Waals surface area contributed by atoms with E-state index in [2.05, 4.69) is 15.5 Å². The molecule has 2 aromatic rings. The van der Waals surface area contributed by atoms with Gasteiger partial charge in [0.25, 0.3) is 0 Å². The Balaban J connectivity index is 1.88. The maximum Gasteiger partial charge on any atom is 0.206 e. The molecule has 0 aliphatic rings. The van der Waals surface area contributed by atoms with E-state index in [9.17, 15) is 5.11 Å². The molecule has 1 heterocycles. The highest BCUT2D eigenvalue weighted by molar-refractivity contribution is 8.01. The van der Waals surface area contributed by atoms with Crippen LogP contribution in [0.3, 0.4) is 0 Å². The smallest absolute Gasteiger partial charge is 0.206 e. The van der Waals surface area contributed by atoms with Crippen LogP contribution < -0.4 is 5.32 Å². The van der Waals surface area contributed by atoms with Gasteiger partial charge in [0.05, 0.1) is 6.10 Å². The van der Waals surface area contributed by atoms with Gasteiger partial charge in [-0.1, -0.05) is 46.8 Å². The van der Waals surface area contributed by atoms with Crippen LogP contribution in [-0.4, -0.2) is 27.6 Å². The highest BCUT2D eigenvalue weighted by Gasteiger charge is 2.10. The summed E-state index contributed by atoms with van der Waals surface area (Å²) < 4.78 is 0.851.